The van der Waals surface area contributed by atoms with Crippen molar-refractivity contribution in [3.05, 3.63) is 10.6 Å². The summed E-state index contributed by atoms with van der Waals surface area (Å²) in [5.41, 5.74) is 0.750. The molecule has 1 aliphatic heterocycles. The Balaban J connectivity index is 1.76. The maximum absolute atomic E-state index is 11.9. The normalized spacial score (nSPS) is 23.5. The Kier molecular flexibility index (Phi) is 3.84. The van der Waals surface area contributed by atoms with Crippen LogP contribution in [-0.4, -0.2) is 37.6 Å². The van der Waals surface area contributed by atoms with E-state index in [2.05, 4.69) is 9.88 Å². The summed E-state index contributed by atoms with van der Waals surface area (Å²) in [6.07, 6.45) is 5.09. The number of Topliss-reactive ketones (excluding diaryl/α,β-unsaturated/α-hetero) is 1. The van der Waals surface area contributed by atoms with Crippen LogP contribution in [0.3, 0.4) is 0 Å². The molecule has 1 aliphatic carbocycles. The third kappa shape index (κ3) is 2.67. The number of hydrogen-bond acceptors (Lipinski definition) is 5. The van der Waals surface area contributed by atoms with E-state index >= 15 is 0 Å². The number of methoxy groups -OCH3 is 1. The van der Waals surface area contributed by atoms with E-state index in [-0.39, 0.29) is 5.78 Å². The first kappa shape index (κ1) is 13.1. The Morgan fingerprint density at radius 3 is 3.11 bits per heavy atom. The van der Waals surface area contributed by atoms with Crippen molar-refractivity contribution in [1.29, 1.82) is 0 Å². The number of ketones is 1. The highest BCUT2D eigenvalue weighted by atomic mass is 32.1. The van der Waals surface area contributed by atoms with Crippen molar-refractivity contribution in [2.45, 2.75) is 32.1 Å². The van der Waals surface area contributed by atoms with Crippen LogP contribution in [-0.2, 0) is 11.2 Å². The summed E-state index contributed by atoms with van der Waals surface area (Å²) in [6.45, 7) is 2.88. The van der Waals surface area contributed by atoms with Crippen molar-refractivity contribution in [1.82, 2.24) is 4.98 Å². The molecular weight excluding hydrogens is 260 g/mol. The van der Waals surface area contributed by atoms with Gasteiger partial charge in [-0.2, -0.15) is 0 Å². The Morgan fingerprint density at radius 1 is 1.42 bits per heavy atom. The summed E-state index contributed by atoms with van der Waals surface area (Å²) in [5.74, 6) is 0.824. The van der Waals surface area contributed by atoms with Gasteiger partial charge in [-0.25, -0.2) is 4.98 Å². The molecule has 0 N–H and O–H groups in total. The summed E-state index contributed by atoms with van der Waals surface area (Å²) < 4.78 is 5.27. The summed E-state index contributed by atoms with van der Waals surface area (Å²) in [7, 11) is 1.76. The number of aryl methyl sites for hydroxylation is 1. The zero-order chi connectivity index (χ0) is 13.2. The second-order valence-corrected chi connectivity index (χ2v) is 6.52. The first-order valence-electron chi connectivity index (χ1n) is 7.04. The second kappa shape index (κ2) is 5.59. The van der Waals surface area contributed by atoms with Gasteiger partial charge >= 0.3 is 0 Å². The molecule has 0 aromatic carbocycles. The minimum atomic E-state index is 0.231. The summed E-state index contributed by atoms with van der Waals surface area (Å²) >= 11 is 1.72. The molecule has 1 atom stereocenters. The molecule has 1 aromatic rings. The molecule has 2 aliphatic rings. The van der Waals surface area contributed by atoms with Crippen LogP contribution in [0.2, 0.25) is 0 Å². The smallest absolute Gasteiger partial charge is 0.186 e. The molecule has 1 saturated heterocycles. The number of thiazole rings is 1. The largest absolute Gasteiger partial charge is 0.384 e. The molecule has 5 heteroatoms. The van der Waals surface area contributed by atoms with Crippen LogP contribution in [0, 0.1) is 5.92 Å². The number of fused-ring (bicyclic) bond motifs is 1. The predicted octanol–water partition coefficient (Wildman–Crippen LogP) is 2.52. The second-order valence-electron chi connectivity index (χ2n) is 5.45. The van der Waals surface area contributed by atoms with Crippen molar-refractivity contribution in [2.75, 3.05) is 31.7 Å². The molecule has 104 valence electrons. The Hall–Kier alpha value is -0.940. The lowest BCUT2D eigenvalue weighted by molar-refractivity contribution is 0.0968. The van der Waals surface area contributed by atoms with E-state index in [1.54, 1.807) is 18.4 Å². The summed E-state index contributed by atoms with van der Waals surface area (Å²) in [4.78, 5) is 20.0. The van der Waals surface area contributed by atoms with Gasteiger partial charge in [0.05, 0.1) is 6.61 Å². The van der Waals surface area contributed by atoms with Crippen molar-refractivity contribution >= 4 is 22.3 Å². The minimum Gasteiger partial charge on any atom is -0.384 e. The van der Waals surface area contributed by atoms with E-state index in [9.17, 15) is 4.79 Å². The summed E-state index contributed by atoms with van der Waals surface area (Å²) in [5, 5.41) is 1.04. The molecular formula is C14H20N2O2S. The topological polar surface area (TPSA) is 42.4 Å². The van der Waals surface area contributed by atoms with Gasteiger partial charge in [0, 0.05) is 31.5 Å². The van der Waals surface area contributed by atoms with Gasteiger partial charge in [0.25, 0.3) is 0 Å². The van der Waals surface area contributed by atoms with Crippen molar-refractivity contribution < 1.29 is 9.53 Å². The van der Waals surface area contributed by atoms with Gasteiger partial charge in [0.2, 0.25) is 0 Å². The number of ether oxygens (including phenoxy) is 1. The van der Waals surface area contributed by atoms with Crippen LogP contribution in [0.25, 0.3) is 0 Å². The molecule has 0 saturated carbocycles. The van der Waals surface area contributed by atoms with Crippen molar-refractivity contribution in [3.8, 4) is 0 Å². The number of anilines is 1. The van der Waals surface area contributed by atoms with Crippen LogP contribution < -0.4 is 4.90 Å². The maximum Gasteiger partial charge on any atom is 0.186 e. The molecule has 19 heavy (non-hydrogen) atoms. The van der Waals surface area contributed by atoms with Crippen LogP contribution in [0.1, 0.15) is 41.0 Å². The first-order valence-corrected chi connectivity index (χ1v) is 7.86. The van der Waals surface area contributed by atoms with Gasteiger partial charge in [-0.05, 0) is 31.6 Å². The molecule has 4 nitrogen and oxygen atoms in total. The molecule has 1 unspecified atom stereocenters. The fraction of sp³-hybridized carbons (Fsp3) is 0.714. The third-order valence-corrected chi connectivity index (χ3v) is 5.13. The zero-order valence-corrected chi connectivity index (χ0v) is 12.2. The fourth-order valence-corrected chi connectivity index (χ4v) is 4.16. The minimum absolute atomic E-state index is 0.231. The van der Waals surface area contributed by atoms with Crippen LogP contribution in [0.5, 0.6) is 0 Å². The van der Waals surface area contributed by atoms with Gasteiger partial charge in [-0.15, -0.1) is 11.3 Å². The predicted molar refractivity (Wildman–Crippen MR) is 76.2 cm³/mol. The lowest BCUT2D eigenvalue weighted by Crippen LogP contribution is -2.37. The van der Waals surface area contributed by atoms with E-state index < -0.39 is 0 Å². The average Bonchev–Trinajstić information content (AvgIpc) is 2.85. The van der Waals surface area contributed by atoms with Gasteiger partial charge in [0.15, 0.2) is 10.9 Å². The van der Waals surface area contributed by atoms with Crippen molar-refractivity contribution in [3.63, 3.8) is 0 Å². The number of rotatable bonds is 3. The Morgan fingerprint density at radius 2 is 2.32 bits per heavy atom. The lowest BCUT2D eigenvalue weighted by Gasteiger charge is -2.32. The van der Waals surface area contributed by atoms with Crippen molar-refractivity contribution in [2.24, 2.45) is 5.92 Å². The number of nitrogens with zero attached hydrogens (tertiary/aromatic N) is 2. The molecule has 0 radical (unpaired) electrons. The number of hydrogen-bond donors (Lipinski definition) is 0. The molecule has 2 heterocycles. The molecule has 0 spiro atoms. The molecule has 0 bridgehead atoms. The SMILES string of the molecule is COCC1CCCN(c2nc3c(s2)CCCC3=O)C1. The van der Waals surface area contributed by atoms with Gasteiger partial charge in [-0.1, -0.05) is 0 Å². The highest BCUT2D eigenvalue weighted by Gasteiger charge is 2.27. The van der Waals surface area contributed by atoms with E-state index in [1.165, 1.54) is 17.7 Å². The maximum atomic E-state index is 11.9. The molecule has 1 fully saturated rings. The third-order valence-electron chi connectivity index (χ3n) is 3.95. The van der Waals surface area contributed by atoms with Crippen LogP contribution in [0.15, 0.2) is 0 Å². The number of carbonyl (C=O) groups excluding carboxylic acids is 1. The van der Waals surface area contributed by atoms with E-state index in [0.29, 0.717) is 12.3 Å². The van der Waals surface area contributed by atoms with Crippen LogP contribution >= 0.6 is 11.3 Å². The van der Waals surface area contributed by atoms with Gasteiger partial charge in [0.1, 0.15) is 5.69 Å². The van der Waals surface area contributed by atoms with Gasteiger partial charge < -0.3 is 9.64 Å². The van der Waals surface area contributed by atoms with E-state index in [4.69, 9.17) is 4.74 Å². The quantitative estimate of drug-likeness (QED) is 0.853. The van der Waals surface area contributed by atoms with E-state index in [0.717, 1.165) is 43.4 Å². The fourth-order valence-electron chi connectivity index (χ4n) is 3.00. The number of piperidine rings is 1. The van der Waals surface area contributed by atoms with Crippen LogP contribution in [0.4, 0.5) is 5.13 Å². The Bertz CT molecular complexity index is 470. The number of aromatic nitrogens is 1. The molecule has 3 rings (SSSR count). The molecule has 1 aromatic heterocycles. The van der Waals surface area contributed by atoms with E-state index in [1.807, 2.05) is 0 Å². The summed E-state index contributed by atoms with van der Waals surface area (Å²) in [6, 6.07) is 0. The zero-order valence-electron chi connectivity index (χ0n) is 11.4. The lowest BCUT2D eigenvalue weighted by atomic mass is 9.99. The first-order chi connectivity index (χ1) is 9.28. The highest BCUT2D eigenvalue weighted by Crippen LogP contribution is 2.33. The van der Waals surface area contributed by atoms with Gasteiger partial charge in [-0.3, -0.25) is 4.79 Å². The Labute approximate surface area is 117 Å². The standard InChI is InChI=1S/C14H20N2O2S/c1-18-9-10-4-3-7-16(8-10)14-15-13-11(17)5-2-6-12(13)19-14/h10H,2-9H2,1H3. The monoisotopic (exact) mass is 280 g/mol. The number of carbonyl (C=O) groups is 1. The highest BCUT2D eigenvalue weighted by molar-refractivity contribution is 7.16. The molecule has 0 amide bonds. The average molecular weight is 280 g/mol.